The molecule has 0 amide bonds. The van der Waals surface area contributed by atoms with E-state index in [0.717, 1.165) is 12.2 Å². The first-order valence-electron chi connectivity index (χ1n) is 7.93. The van der Waals surface area contributed by atoms with Crippen molar-refractivity contribution in [3.63, 3.8) is 0 Å². The van der Waals surface area contributed by atoms with Gasteiger partial charge in [0, 0.05) is 13.1 Å². The van der Waals surface area contributed by atoms with Crippen molar-refractivity contribution in [3.8, 4) is 0 Å². The largest absolute Gasteiger partial charge is 0.309 e. The van der Waals surface area contributed by atoms with Gasteiger partial charge in [0.05, 0.1) is 11.4 Å². The van der Waals surface area contributed by atoms with Gasteiger partial charge < -0.3 is 5.32 Å². The minimum atomic E-state index is 0.461. The molecule has 0 bridgehead atoms. The molecule has 0 aliphatic carbocycles. The molecule has 1 N–H and O–H groups in total. The Labute approximate surface area is 118 Å². The van der Waals surface area contributed by atoms with Gasteiger partial charge in [-0.2, -0.15) is 5.10 Å². The third kappa shape index (κ3) is 5.77. The van der Waals surface area contributed by atoms with Gasteiger partial charge in [-0.3, -0.25) is 4.68 Å². The van der Waals surface area contributed by atoms with E-state index in [-0.39, 0.29) is 0 Å². The van der Waals surface area contributed by atoms with E-state index in [1.807, 2.05) is 11.7 Å². The molecule has 1 aromatic heterocycles. The van der Waals surface area contributed by atoms with Gasteiger partial charge in [0.1, 0.15) is 0 Å². The molecule has 1 heterocycles. The minimum Gasteiger partial charge on any atom is -0.309 e. The van der Waals surface area contributed by atoms with E-state index >= 15 is 0 Å². The number of aromatic nitrogens is 2. The predicted octanol–water partition coefficient (Wildman–Crippen LogP) is 4.13. The van der Waals surface area contributed by atoms with Gasteiger partial charge in [0.25, 0.3) is 0 Å². The summed E-state index contributed by atoms with van der Waals surface area (Å²) in [7, 11) is 2.05. The van der Waals surface area contributed by atoms with E-state index in [1.54, 1.807) is 0 Å². The first-order chi connectivity index (χ1) is 9.19. The molecule has 0 aromatic carbocycles. The van der Waals surface area contributed by atoms with E-state index in [1.165, 1.54) is 50.6 Å². The van der Waals surface area contributed by atoms with Crippen molar-refractivity contribution in [2.45, 2.75) is 71.8 Å². The number of rotatable bonds is 10. The zero-order chi connectivity index (χ0) is 14.1. The SMILES string of the molecule is CCCCCCCCC(NCC)c1cc(C)nn1C. The van der Waals surface area contributed by atoms with Crippen LogP contribution in [0.2, 0.25) is 0 Å². The fourth-order valence-electron chi connectivity index (χ4n) is 2.69. The second-order valence-corrected chi connectivity index (χ2v) is 5.50. The van der Waals surface area contributed by atoms with Crippen molar-refractivity contribution in [3.05, 3.63) is 17.5 Å². The predicted molar refractivity (Wildman–Crippen MR) is 82.4 cm³/mol. The molecule has 0 aliphatic heterocycles. The summed E-state index contributed by atoms with van der Waals surface area (Å²) in [4.78, 5) is 0. The lowest BCUT2D eigenvalue weighted by molar-refractivity contribution is 0.452. The van der Waals surface area contributed by atoms with Crippen LogP contribution in [0.1, 0.15) is 76.2 Å². The Kier molecular flexibility index (Phi) is 7.80. The Bertz CT molecular complexity index is 344. The first kappa shape index (κ1) is 16.2. The topological polar surface area (TPSA) is 29.9 Å². The van der Waals surface area contributed by atoms with Crippen molar-refractivity contribution in [2.75, 3.05) is 6.54 Å². The maximum absolute atomic E-state index is 4.46. The first-order valence-corrected chi connectivity index (χ1v) is 7.93. The van der Waals surface area contributed by atoms with Crippen LogP contribution in [0.3, 0.4) is 0 Å². The lowest BCUT2D eigenvalue weighted by Gasteiger charge is -2.18. The number of hydrogen-bond donors (Lipinski definition) is 1. The molecule has 0 aliphatic rings. The maximum atomic E-state index is 4.46. The number of aryl methyl sites for hydroxylation is 2. The van der Waals surface area contributed by atoms with Crippen LogP contribution in [0.4, 0.5) is 0 Å². The van der Waals surface area contributed by atoms with Crippen LogP contribution >= 0.6 is 0 Å². The average Bonchev–Trinajstić information content (AvgIpc) is 2.71. The summed E-state index contributed by atoms with van der Waals surface area (Å²) >= 11 is 0. The second kappa shape index (κ2) is 9.13. The van der Waals surface area contributed by atoms with E-state index in [2.05, 4.69) is 37.3 Å². The summed E-state index contributed by atoms with van der Waals surface area (Å²) in [5.41, 5.74) is 2.44. The summed E-state index contributed by atoms with van der Waals surface area (Å²) in [5.74, 6) is 0. The highest BCUT2D eigenvalue weighted by atomic mass is 15.3. The Morgan fingerprint density at radius 1 is 1.16 bits per heavy atom. The second-order valence-electron chi connectivity index (χ2n) is 5.50. The molecule has 0 fully saturated rings. The maximum Gasteiger partial charge on any atom is 0.0597 e. The molecule has 3 heteroatoms. The van der Waals surface area contributed by atoms with Gasteiger partial charge in [-0.25, -0.2) is 0 Å². The Hall–Kier alpha value is -0.830. The van der Waals surface area contributed by atoms with Crippen molar-refractivity contribution in [2.24, 2.45) is 7.05 Å². The van der Waals surface area contributed by atoms with Gasteiger partial charge in [0.2, 0.25) is 0 Å². The molecule has 19 heavy (non-hydrogen) atoms. The zero-order valence-corrected chi connectivity index (χ0v) is 13.2. The fourth-order valence-corrected chi connectivity index (χ4v) is 2.69. The molecule has 3 nitrogen and oxygen atoms in total. The Morgan fingerprint density at radius 2 is 1.84 bits per heavy atom. The number of unbranched alkanes of at least 4 members (excludes halogenated alkanes) is 5. The monoisotopic (exact) mass is 265 g/mol. The molecule has 0 spiro atoms. The molecule has 1 unspecified atom stereocenters. The molecular formula is C16H31N3. The highest BCUT2D eigenvalue weighted by Gasteiger charge is 2.14. The summed E-state index contributed by atoms with van der Waals surface area (Å²) in [6, 6.07) is 2.67. The lowest BCUT2D eigenvalue weighted by atomic mass is 10.0. The van der Waals surface area contributed by atoms with Crippen LogP contribution in [-0.2, 0) is 7.05 Å². The fraction of sp³-hybridized carbons (Fsp3) is 0.812. The molecule has 1 aromatic rings. The normalized spacial score (nSPS) is 12.8. The van der Waals surface area contributed by atoms with E-state index in [4.69, 9.17) is 0 Å². The summed E-state index contributed by atoms with van der Waals surface area (Å²) < 4.78 is 2.03. The van der Waals surface area contributed by atoms with Crippen LogP contribution < -0.4 is 5.32 Å². The van der Waals surface area contributed by atoms with E-state index in [0.29, 0.717) is 6.04 Å². The smallest absolute Gasteiger partial charge is 0.0597 e. The van der Waals surface area contributed by atoms with Crippen LogP contribution in [0.5, 0.6) is 0 Å². The van der Waals surface area contributed by atoms with Gasteiger partial charge in [-0.15, -0.1) is 0 Å². The van der Waals surface area contributed by atoms with Gasteiger partial charge in [0.15, 0.2) is 0 Å². The van der Waals surface area contributed by atoms with Gasteiger partial charge in [-0.05, 0) is 26.0 Å². The summed E-state index contributed by atoms with van der Waals surface area (Å²) in [5, 5.41) is 8.05. The minimum absolute atomic E-state index is 0.461. The molecule has 1 rings (SSSR count). The highest BCUT2D eigenvalue weighted by Crippen LogP contribution is 2.20. The standard InChI is InChI=1S/C16H31N3/c1-5-7-8-9-10-11-12-15(17-6-2)16-13-14(3)18-19(16)4/h13,15,17H,5-12H2,1-4H3. The van der Waals surface area contributed by atoms with Crippen molar-refractivity contribution < 1.29 is 0 Å². The number of nitrogens with zero attached hydrogens (tertiary/aromatic N) is 2. The third-order valence-corrected chi connectivity index (χ3v) is 3.69. The molecular weight excluding hydrogens is 234 g/mol. The van der Waals surface area contributed by atoms with Crippen molar-refractivity contribution in [1.82, 2.24) is 15.1 Å². The number of hydrogen-bond acceptors (Lipinski definition) is 2. The quantitative estimate of drug-likeness (QED) is 0.645. The number of nitrogens with one attached hydrogen (secondary N) is 1. The summed E-state index contributed by atoms with van der Waals surface area (Å²) in [6.45, 7) is 7.53. The van der Waals surface area contributed by atoms with Crippen molar-refractivity contribution >= 4 is 0 Å². The van der Waals surface area contributed by atoms with Gasteiger partial charge in [-0.1, -0.05) is 52.4 Å². The molecule has 110 valence electrons. The summed E-state index contributed by atoms with van der Waals surface area (Å²) in [6.07, 6.45) is 9.39. The van der Waals surface area contributed by atoms with Gasteiger partial charge >= 0.3 is 0 Å². The molecule has 0 saturated heterocycles. The molecule has 0 saturated carbocycles. The Balaban J connectivity index is 2.38. The molecule has 0 radical (unpaired) electrons. The average molecular weight is 265 g/mol. The highest BCUT2D eigenvalue weighted by molar-refractivity contribution is 5.13. The Morgan fingerprint density at radius 3 is 2.42 bits per heavy atom. The van der Waals surface area contributed by atoms with Crippen molar-refractivity contribution in [1.29, 1.82) is 0 Å². The van der Waals surface area contributed by atoms with Crippen LogP contribution in [-0.4, -0.2) is 16.3 Å². The zero-order valence-electron chi connectivity index (χ0n) is 13.2. The van der Waals surface area contributed by atoms with E-state index in [9.17, 15) is 0 Å². The van der Waals surface area contributed by atoms with Crippen LogP contribution in [0.15, 0.2) is 6.07 Å². The molecule has 1 atom stereocenters. The van der Waals surface area contributed by atoms with E-state index < -0.39 is 0 Å². The van der Waals surface area contributed by atoms with Crippen LogP contribution in [0, 0.1) is 6.92 Å². The lowest BCUT2D eigenvalue weighted by Crippen LogP contribution is -2.23. The third-order valence-electron chi connectivity index (χ3n) is 3.69. The van der Waals surface area contributed by atoms with Crippen LogP contribution in [0.25, 0.3) is 0 Å².